The van der Waals surface area contributed by atoms with Gasteiger partial charge in [0.2, 0.25) is 0 Å². The molecule has 0 radical (unpaired) electrons. The van der Waals surface area contributed by atoms with Crippen molar-refractivity contribution >= 4 is 16.8 Å². The highest BCUT2D eigenvalue weighted by Gasteiger charge is 2.28. The van der Waals surface area contributed by atoms with Crippen LogP contribution in [-0.4, -0.2) is 28.9 Å². The van der Waals surface area contributed by atoms with Gasteiger partial charge in [0.1, 0.15) is 0 Å². The fourth-order valence-electron chi connectivity index (χ4n) is 2.21. The zero-order chi connectivity index (χ0) is 14.2. The average Bonchev–Trinajstić information content (AvgIpc) is 2.82. The van der Waals surface area contributed by atoms with Gasteiger partial charge in [-0.15, -0.1) is 0 Å². The first-order valence-electron chi connectivity index (χ1n) is 6.65. The molecule has 0 aliphatic heterocycles. The topological polar surface area (TPSA) is 36.1 Å². The highest BCUT2D eigenvalue weighted by Crippen LogP contribution is 2.25. The maximum atomic E-state index is 12.7. The maximum absolute atomic E-state index is 12.7. The fraction of sp³-hybridized carbons (Fsp3) is 0.438. The molecule has 1 atom stereocenters. The number of hydrogen-bond acceptors (Lipinski definition) is 1. The monoisotopic (exact) mass is 258 g/mol. The smallest absolute Gasteiger partial charge is 0.255 e. The summed E-state index contributed by atoms with van der Waals surface area (Å²) in [5, 5.41) is 1.07. The summed E-state index contributed by atoms with van der Waals surface area (Å²) in [6.45, 7) is 8.54. The number of carbonyl (C=O) groups excluding carboxylic acids is 1. The van der Waals surface area contributed by atoms with Gasteiger partial charge in [0.15, 0.2) is 0 Å². The number of aromatic amines is 1. The van der Waals surface area contributed by atoms with Crippen LogP contribution in [0, 0.1) is 5.41 Å². The van der Waals surface area contributed by atoms with Crippen LogP contribution in [0.4, 0.5) is 0 Å². The standard InChI is InChI=1S/C16H22N2O/c1-11(16(2,3)4)18(5)15(19)13-8-6-7-12-9-10-17-14(12)13/h6-11,17H,1-5H3. The Morgan fingerprint density at radius 2 is 1.95 bits per heavy atom. The first-order chi connectivity index (χ1) is 8.82. The van der Waals surface area contributed by atoms with E-state index in [1.807, 2.05) is 42.4 Å². The predicted molar refractivity (Wildman–Crippen MR) is 79.3 cm³/mol. The summed E-state index contributed by atoms with van der Waals surface area (Å²) >= 11 is 0. The third-order valence-corrected chi connectivity index (χ3v) is 3.97. The SMILES string of the molecule is CC(N(C)C(=O)c1cccc2cc[nH]c12)C(C)(C)C. The van der Waals surface area contributed by atoms with Gasteiger partial charge in [-0.05, 0) is 24.5 Å². The van der Waals surface area contributed by atoms with Crippen molar-refractivity contribution < 1.29 is 4.79 Å². The number of H-pyrrole nitrogens is 1. The molecule has 1 unspecified atom stereocenters. The molecule has 0 saturated carbocycles. The van der Waals surface area contributed by atoms with E-state index in [0.717, 1.165) is 16.5 Å². The summed E-state index contributed by atoms with van der Waals surface area (Å²) in [5.41, 5.74) is 1.72. The molecule has 102 valence electrons. The molecule has 3 nitrogen and oxygen atoms in total. The molecule has 1 heterocycles. The van der Waals surface area contributed by atoms with E-state index in [4.69, 9.17) is 0 Å². The van der Waals surface area contributed by atoms with Crippen molar-refractivity contribution in [3.8, 4) is 0 Å². The molecule has 2 rings (SSSR count). The highest BCUT2D eigenvalue weighted by atomic mass is 16.2. The number of rotatable bonds is 2. The van der Waals surface area contributed by atoms with E-state index in [0.29, 0.717) is 0 Å². The van der Waals surface area contributed by atoms with E-state index in [2.05, 4.69) is 32.7 Å². The van der Waals surface area contributed by atoms with Crippen LogP contribution in [0.1, 0.15) is 38.1 Å². The first-order valence-corrected chi connectivity index (χ1v) is 6.65. The van der Waals surface area contributed by atoms with Gasteiger partial charge in [-0.1, -0.05) is 32.9 Å². The Bertz CT molecular complexity index is 592. The molecule has 0 saturated heterocycles. The Hall–Kier alpha value is -1.77. The Balaban J connectivity index is 2.37. The van der Waals surface area contributed by atoms with Crippen LogP contribution < -0.4 is 0 Å². The van der Waals surface area contributed by atoms with E-state index in [9.17, 15) is 4.79 Å². The molecule has 3 heteroatoms. The number of benzene rings is 1. The Morgan fingerprint density at radius 3 is 2.58 bits per heavy atom. The third kappa shape index (κ3) is 2.50. The summed E-state index contributed by atoms with van der Waals surface area (Å²) in [7, 11) is 1.88. The van der Waals surface area contributed by atoms with Crippen molar-refractivity contribution in [2.75, 3.05) is 7.05 Å². The van der Waals surface area contributed by atoms with Crippen molar-refractivity contribution in [1.82, 2.24) is 9.88 Å². The summed E-state index contributed by atoms with van der Waals surface area (Å²) in [5.74, 6) is 0.0653. The van der Waals surface area contributed by atoms with Crippen molar-refractivity contribution in [2.24, 2.45) is 5.41 Å². The molecule has 0 aliphatic rings. The van der Waals surface area contributed by atoms with E-state index in [1.54, 1.807) is 0 Å². The molecule has 2 aromatic rings. The quantitative estimate of drug-likeness (QED) is 0.876. The van der Waals surface area contributed by atoms with Gasteiger partial charge in [0.05, 0.1) is 11.1 Å². The lowest BCUT2D eigenvalue weighted by Crippen LogP contribution is -2.43. The lowest BCUT2D eigenvalue weighted by Gasteiger charge is -2.35. The second kappa shape index (κ2) is 4.72. The van der Waals surface area contributed by atoms with Crippen molar-refractivity contribution in [3.63, 3.8) is 0 Å². The zero-order valence-electron chi connectivity index (χ0n) is 12.3. The summed E-state index contributed by atoms with van der Waals surface area (Å²) in [4.78, 5) is 17.6. The number of hydrogen-bond donors (Lipinski definition) is 1. The molecule has 1 aromatic heterocycles. The minimum Gasteiger partial charge on any atom is -0.361 e. The van der Waals surface area contributed by atoms with E-state index < -0.39 is 0 Å². The lowest BCUT2D eigenvalue weighted by molar-refractivity contribution is 0.0631. The number of fused-ring (bicyclic) bond motifs is 1. The van der Waals surface area contributed by atoms with Gasteiger partial charge in [-0.25, -0.2) is 0 Å². The molecular formula is C16H22N2O. The summed E-state index contributed by atoms with van der Waals surface area (Å²) in [6, 6.07) is 7.98. The Morgan fingerprint density at radius 1 is 1.26 bits per heavy atom. The third-order valence-electron chi connectivity index (χ3n) is 3.97. The molecule has 0 bridgehead atoms. The highest BCUT2D eigenvalue weighted by molar-refractivity contribution is 6.05. The number of amides is 1. The number of para-hydroxylation sites is 1. The van der Waals surface area contributed by atoms with Crippen LogP contribution in [0.2, 0.25) is 0 Å². The first kappa shape index (κ1) is 13.7. The molecule has 0 fully saturated rings. The Labute approximate surface area is 114 Å². The number of aromatic nitrogens is 1. The van der Waals surface area contributed by atoms with Gasteiger partial charge in [0, 0.05) is 24.7 Å². The lowest BCUT2D eigenvalue weighted by atomic mass is 9.87. The van der Waals surface area contributed by atoms with Gasteiger partial charge in [-0.2, -0.15) is 0 Å². The molecule has 0 spiro atoms. The molecule has 1 amide bonds. The number of carbonyl (C=O) groups is 1. The summed E-state index contributed by atoms with van der Waals surface area (Å²) in [6.07, 6.45) is 1.87. The average molecular weight is 258 g/mol. The molecule has 19 heavy (non-hydrogen) atoms. The van der Waals surface area contributed by atoms with Crippen LogP contribution in [0.15, 0.2) is 30.5 Å². The van der Waals surface area contributed by atoms with Crippen LogP contribution in [0.25, 0.3) is 10.9 Å². The maximum Gasteiger partial charge on any atom is 0.255 e. The second-order valence-corrected chi connectivity index (χ2v) is 6.21. The van der Waals surface area contributed by atoms with Crippen molar-refractivity contribution in [1.29, 1.82) is 0 Å². The van der Waals surface area contributed by atoms with Crippen LogP contribution in [0.5, 0.6) is 0 Å². The van der Waals surface area contributed by atoms with Gasteiger partial charge in [0.25, 0.3) is 5.91 Å². The van der Waals surface area contributed by atoms with Crippen LogP contribution in [-0.2, 0) is 0 Å². The van der Waals surface area contributed by atoms with Gasteiger partial charge < -0.3 is 9.88 Å². The number of nitrogens with one attached hydrogen (secondary N) is 1. The van der Waals surface area contributed by atoms with E-state index in [1.165, 1.54) is 0 Å². The molecular weight excluding hydrogens is 236 g/mol. The van der Waals surface area contributed by atoms with E-state index >= 15 is 0 Å². The number of nitrogens with zero attached hydrogens (tertiary/aromatic N) is 1. The minimum absolute atomic E-state index is 0.0635. The predicted octanol–water partition coefficient (Wildman–Crippen LogP) is 3.67. The zero-order valence-corrected chi connectivity index (χ0v) is 12.3. The normalized spacial score (nSPS) is 13.5. The largest absolute Gasteiger partial charge is 0.361 e. The van der Waals surface area contributed by atoms with Gasteiger partial charge >= 0.3 is 0 Å². The van der Waals surface area contributed by atoms with E-state index in [-0.39, 0.29) is 17.4 Å². The Kier molecular flexibility index (Phi) is 3.40. The van der Waals surface area contributed by atoms with Gasteiger partial charge in [-0.3, -0.25) is 4.79 Å². The summed E-state index contributed by atoms with van der Waals surface area (Å²) < 4.78 is 0. The molecule has 1 N–H and O–H groups in total. The second-order valence-electron chi connectivity index (χ2n) is 6.21. The fourth-order valence-corrected chi connectivity index (χ4v) is 2.21. The molecule has 0 aliphatic carbocycles. The minimum atomic E-state index is 0.0635. The van der Waals surface area contributed by atoms with Crippen LogP contribution >= 0.6 is 0 Å². The van der Waals surface area contributed by atoms with Crippen molar-refractivity contribution in [2.45, 2.75) is 33.7 Å². The molecule has 1 aromatic carbocycles. The van der Waals surface area contributed by atoms with Crippen molar-refractivity contribution in [3.05, 3.63) is 36.0 Å². The van der Waals surface area contributed by atoms with Crippen LogP contribution in [0.3, 0.4) is 0 Å².